The van der Waals surface area contributed by atoms with Crippen molar-refractivity contribution < 1.29 is 18.7 Å². The van der Waals surface area contributed by atoms with Crippen molar-refractivity contribution in [3.8, 4) is 11.3 Å². The van der Waals surface area contributed by atoms with Crippen molar-refractivity contribution in [2.45, 2.75) is 42.0 Å². The molecule has 1 atom stereocenters. The van der Waals surface area contributed by atoms with Crippen molar-refractivity contribution in [3.63, 3.8) is 0 Å². The van der Waals surface area contributed by atoms with Gasteiger partial charge < -0.3 is 14.4 Å². The van der Waals surface area contributed by atoms with Crippen LogP contribution in [0.4, 0.5) is 4.39 Å². The van der Waals surface area contributed by atoms with Crippen LogP contribution in [-0.2, 0) is 15.2 Å². The second-order valence-electron chi connectivity index (χ2n) is 9.21. The standard InChI is InChI=1S/C24H29FN4O3S/c25-20-3-1-2-18-22-19(15-33-23(18)20)21(24(30)27-8-12-32-13-9-27)26-29(22)17-4-7-28(14-17)16-5-10-31-11-6-16/h1-3,16-17H,4-15H2. The zero-order chi connectivity index (χ0) is 22.4. The third kappa shape index (κ3) is 3.88. The van der Waals surface area contributed by atoms with Crippen LogP contribution >= 0.6 is 11.8 Å². The van der Waals surface area contributed by atoms with Gasteiger partial charge in [0.2, 0.25) is 0 Å². The summed E-state index contributed by atoms with van der Waals surface area (Å²) in [5, 5.41) is 4.95. The summed E-state index contributed by atoms with van der Waals surface area (Å²) in [7, 11) is 0. The van der Waals surface area contributed by atoms with Gasteiger partial charge in [0.05, 0.1) is 29.8 Å². The number of amides is 1. The van der Waals surface area contributed by atoms with E-state index in [1.54, 1.807) is 6.07 Å². The number of thioether (sulfide) groups is 1. The number of hydrogen-bond donors (Lipinski definition) is 0. The summed E-state index contributed by atoms with van der Waals surface area (Å²) < 4.78 is 27.7. The van der Waals surface area contributed by atoms with Crippen molar-refractivity contribution in [2.75, 3.05) is 52.6 Å². The van der Waals surface area contributed by atoms with Gasteiger partial charge >= 0.3 is 0 Å². The Morgan fingerprint density at radius 1 is 1.03 bits per heavy atom. The number of ether oxygens (including phenoxy) is 2. The molecule has 0 N–H and O–H groups in total. The zero-order valence-corrected chi connectivity index (χ0v) is 19.5. The molecule has 0 aliphatic carbocycles. The smallest absolute Gasteiger partial charge is 0.274 e. The number of carbonyl (C=O) groups is 1. The summed E-state index contributed by atoms with van der Waals surface area (Å²) in [4.78, 5) is 18.5. The average molecular weight is 473 g/mol. The number of halogens is 1. The fourth-order valence-electron chi connectivity index (χ4n) is 5.58. The molecule has 1 unspecified atom stereocenters. The molecule has 1 aromatic heterocycles. The van der Waals surface area contributed by atoms with Crippen molar-refractivity contribution in [3.05, 3.63) is 35.3 Å². The van der Waals surface area contributed by atoms with E-state index >= 15 is 0 Å². The number of morpholine rings is 1. The first-order valence-corrected chi connectivity index (χ1v) is 12.9. The SMILES string of the molecule is O=C(c1nn(C2CCN(C3CCOCC3)C2)c2c1CSc1c(F)cccc1-2)N1CCOCC1. The van der Waals surface area contributed by atoms with E-state index in [2.05, 4.69) is 9.58 Å². The lowest BCUT2D eigenvalue weighted by Gasteiger charge is -2.31. The van der Waals surface area contributed by atoms with Crippen LogP contribution < -0.4 is 0 Å². The number of hydrogen-bond acceptors (Lipinski definition) is 6. The maximum atomic E-state index is 14.7. The normalized spacial score (nSPS) is 24.0. The van der Waals surface area contributed by atoms with Crippen molar-refractivity contribution in [1.29, 1.82) is 0 Å². The van der Waals surface area contributed by atoms with Crippen molar-refractivity contribution in [1.82, 2.24) is 19.6 Å². The summed E-state index contributed by atoms with van der Waals surface area (Å²) in [6, 6.07) is 5.96. The van der Waals surface area contributed by atoms with Crippen LogP contribution in [0.2, 0.25) is 0 Å². The molecule has 1 aromatic carbocycles. The van der Waals surface area contributed by atoms with Gasteiger partial charge in [-0.1, -0.05) is 12.1 Å². The second kappa shape index (κ2) is 9.02. The molecule has 6 rings (SSSR count). The fraction of sp³-hybridized carbons (Fsp3) is 0.583. The van der Waals surface area contributed by atoms with Gasteiger partial charge in [-0.3, -0.25) is 14.4 Å². The molecule has 176 valence electrons. The minimum absolute atomic E-state index is 0.0342. The quantitative estimate of drug-likeness (QED) is 0.684. The first-order valence-electron chi connectivity index (χ1n) is 11.9. The summed E-state index contributed by atoms with van der Waals surface area (Å²) in [5.41, 5.74) is 3.26. The van der Waals surface area contributed by atoms with E-state index in [1.165, 1.54) is 17.8 Å². The topological polar surface area (TPSA) is 59.8 Å². The molecule has 9 heteroatoms. The molecular formula is C24H29FN4O3S. The van der Waals surface area contributed by atoms with E-state index in [4.69, 9.17) is 14.6 Å². The van der Waals surface area contributed by atoms with Crippen LogP contribution in [0.15, 0.2) is 23.1 Å². The number of rotatable bonds is 3. The van der Waals surface area contributed by atoms with Gasteiger partial charge in [-0.15, -0.1) is 11.8 Å². The lowest BCUT2D eigenvalue weighted by molar-refractivity contribution is 0.0297. The molecule has 33 heavy (non-hydrogen) atoms. The third-order valence-corrected chi connectivity index (χ3v) is 8.48. The summed E-state index contributed by atoms with van der Waals surface area (Å²) in [5.74, 6) is 0.325. The second-order valence-corrected chi connectivity index (χ2v) is 10.2. The molecule has 0 radical (unpaired) electrons. The molecule has 3 saturated heterocycles. The number of nitrogens with zero attached hydrogens (tertiary/aromatic N) is 4. The van der Waals surface area contributed by atoms with Crippen molar-refractivity contribution in [2.24, 2.45) is 0 Å². The molecule has 2 aromatic rings. The Morgan fingerprint density at radius 3 is 2.64 bits per heavy atom. The Hall–Kier alpha value is -1.94. The molecule has 0 spiro atoms. The number of aromatic nitrogens is 2. The van der Waals surface area contributed by atoms with E-state index < -0.39 is 0 Å². The average Bonchev–Trinajstić information content (AvgIpc) is 3.50. The molecule has 4 aliphatic heterocycles. The van der Waals surface area contributed by atoms with E-state index in [0.717, 1.165) is 62.4 Å². The monoisotopic (exact) mass is 472 g/mol. The summed E-state index contributed by atoms with van der Waals surface area (Å²) in [6.07, 6.45) is 3.11. The molecular weight excluding hydrogens is 443 g/mol. The minimum Gasteiger partial charge on any atom is -0.381 e. The molecule has 0 saturated carbocycles. The van der Waals surface area contributed by atoms with Gasteiger partial charge in [0.15, 0.2) is 5.69 Å². The number of likely N-dealkylation sites (tertiary alicyclic amines) is 1. The molecule has 3 fully saturated rings. The maximum Gasteiger partial charge on any atom is 0.274 e. The Kier molecular flexibility index (Phi) is 5.90. The molecule has 5 heterocycles. The predicted molar refractivity (Wildman–Crippen MR) is 123 cm³/mol. The van der Waals surface area contributed by atoms with Crippen LogP contribution in [0, 0.1) is 5.82 Å². The van der Waals surface area contributed by atoms with Gasteiger partial charge in [0.1, 0.15) is 5.82 Å². The molecule has 7 nitrogen and oxygen atoms in total. The van der Waals surface area contributed by atoms with Crippen LogP contribution in [0.3, 0.4) is 0 Å². The van der Waals surface area contributed by atoms with Gasteiger partial charge in [0.25, 0.3) is 5.91 Å². The van der Waals surface area contributed by atoms with E-state index in [1.807, 2.05) is 11.0 Å². The maximum absolute atomic E-state index is 14.7. The Balaban J connectivity index is 1.38. The predicted octanol–water partition coefficient (Wildman–Crippen LogP) is 3.19. The molecule has 4 aliphatic rings. The van der Waals surface area contributed by atoms with Gasteiger partial charge in [0, 0.05) is 62.3 Å². The summed E-state index contributed by atoms with van der Waals surface area (Å²) in [6.45, 7) is 5.85. The van der Waals surface area contributed by atoms with Crippen molar-refractivity contribution >= 4 is 17.7 Å². The molecule has 1 amide bonds. The number of fused-ring (bicyclic) bond motifs is 3. The first kappa shape index (κ1) is 21.6. The number of carbonyl (C=O) groups excluding carboxylic acids is 1. The third-order valence-electron chi connectivity index (χ3n) is 7.34. The van der Waals surface area contributed by atoms with Crippen LogP contribution in [0.25, 0.3) is 11.3 Å². The first-order chi connectivity index (χ1) is 16.2. The zero-order valence-electron chi connectivity index (χ0n) is 18.7. The van der Waals surface area contributed by atoms with Crippen LogP contribution in [0.1, 0.15) is 41.4 Å². The highest BCUT2D eigenvalue weighted by Gasteiger charge is 2.37. The Labute approximate surface area is 197 Å². The minimum atomic E-state index is -0.202. The van der Waals surface area contributed by atoms with Gasteiger partial charge in [-0.05, 0) is 25.3 Å². The molecule has 0 bridgehead atoms. The lowest BCUT2D eigenvalue weighted by atomic mass is 10.0. The van der Waals surface area contributed by atoms with E-state index in [9.17, 15) is 9.18 Å². The van der Waals surface area contributed by atoms with Crippen LogP contribution in [-0.4, -0.2) is 84.1 Å². The number of benzene rings is 1. The van der Waals surface area contributed by atoms with Crippen LogP contribution in [0.5, 0.6) is 0 Å². The Morgan fingerprint density at radius 2 is 1.82 bits per heavy atom. The lowest BCUT2D eigenvalue weighted by Crippen LogP contribution is -2.41. The Bertz CT molecular complexity index is 1050. The highest BCUT2D eigenvalue weighted by atomic mass is 32.2. The fourth-order valence-corrected chi connectivity index (χ4v) is 6.67. The summed E-state index contributed by atoms with van der Waals surface area (Å²) >= 11 is 1.47. The van der Waals surface area contributed by atoms with Gasteiger partial charge in [-0.25, -0.2) is 4.39 Å². The van der Waals surface area contributed by atoms with E-state index in [-0.39, 0.29) is 17.8 Å². The van der Waals surface area contributed by atoms with Gasteiger partial charge in [-0.2, -0.15) is 5.10 Å². The largest absolute Gasteiger partial charge is 0.381 e. The highest BCUT2D eigenvalue weighted by molar-refractivity contribution is 7.98. The van der Waals surface area contributed by atoms with E-state index in [0.29, 0.717) is 48.7 Å². The highest BCUT2D eigenvalue weighted by Crippen LogP contribution is 2.46.